The maximum absolute atomic E-state index is 8.55. The fourth-order valence-corrected chi connectivity index (χ4v) is 0. The topological polar surface area (TPSA) is 201 Å². The van der Waals surface area contributed by atoms with Gasteiger partial charge in [-0.25, -0.2) is 0 Å². The monoisotopic (exact) mass is 366 g/mol. The fraction of sp³-hybridized carbons (Fsp3) is 0. The second-order valence-electron chi connectivity index (χ2n) is 0.894. The van der Waals surface area contributed by atoms with Crippen LogP contribution in [0.15, 0.2) is 0 Å². The summed E-state index contributed by atoms with van der Waals surface area (Å²) in [6, 6.07) is 0. The first-order valence-corrected chi connectivity index (χ1v) is 4.38. The third-order valence-electron chi connectivity index (χ3n) is 0. The van der Waals surface area contributed by atoms with E-state index in [1.54, 1.807) is 0 Å². The van der Waals surface area contributed by atoms with Crippen molar-refractivity contribution in [3.8, 4) is 0 Å². The van der Waals surface area contributed by atoms with Crippen LogP contribution in [0.1, 0.15) is 0 Å². The third-order valence-corrected chi connectivity index (χ3v) is 0. The minimum Gasteiger partial charge on any atom is -2.00 e. The molecule has 0 aliphatic heterocycles. The molecule has 0 aromatic carbocycles. The van der Waals surface area contributed by atoms with E-state index in [0.717, 1.165) is 0 Å². The molecule has 0 aliphatic carbocycles. The molecule has 0 bridgehead atoms. The Morgan fingerprint density at radius 2 is 0.533 bits per heavy atom. The molecule has 0 amide bonds. The summed E-state index contributed by atoms with van der Waals surface area (Å²) in [6.07, 6.45) is 0. The van der Waals surface area contributed by atoms with Gasteiger partial charge >= 0.3 is 151 Å². The normalized spacial score (nSPS) is 7.87. The van der Waals surface area contributed by atoms with E-state index in [4.69, 9.17) is 38.5 Å². The van der Waals surface area contributed by atoms with Gasteiger partial charge in [-0.05, 0) is 0 Å². The van der Waals surface area contributed by atoms with Crippen LogP contribution < -0.4 is 29.4 Å². The van der Waals surface area contributed by atoms with Crippen LogP contribution in [-0.2, 0) is 14.6 Å². The predicted octanol–water partition coefficient (Wildman–Crippen LogP) is -7.29. The van der Waals surface area contributed by atoms with Gasteiger partial charge in [0.1, 0.15) is 0 Å². The zero-order valence-electron chi connectivity index (χ0n) is 7.40. The van der Waals surface area contributed by atoms with Gasteiger partial charge in [-0.1, -0.05) is 0 Å². The van der Waals surface area contributed by atoms with E-state index >= 15 is 0 Å². The van der Waals surface area contributed by atoms with E-state index in [2.05, 4.69) is 0 Å². The van der Waals surface area contributed by atoms with E-state index in [-0.39, 0.29) is 156 Å². The van der Waals surface area contributed by atoms with E-state index in [1.165, 1.54) is 0 Å². The van der Waals surface area contributed by atoms with Crippen molar-refractivity contribution in [3.05, 3.63) is 0 Å². The molecule has 15 heavy (non-hydrogen) atoms. The van der Waals surface area contributed by atoms with E-state index in [1.807, 2.05) is 0 Å². The van der Waals surface area contributed by atoms with Gasteiger partial charge in [0.15, 0.2) is 0 Å². The smallest absolute Gasteiger partial charge is 2.00 e. The van der Waals surface area contributed by atoms with Crippen molar-refractivity contribution in [2.45, 2.75) is 0 Å². The quantitative estimate of drug-likeness (QED) is 0.297. The van der Waals surface area contributed by atoms with Crippen molar-refractivity contribution in [2.75, 3.05) is 0 Å². The molecule has 0 radical (unpaired) electrons. The Morgan fingerprint density at radius 3 is 0.533 bits per heavy atom. The van der Waals surface area contributed by atoms with Crippen molar-refractivity contribution in [2.24, 2.45) is 0 Å². The van der Waals surface area contributed by atoms with E-state index in [0.29, 0.717) is 0 Å². The minimum atomic E-state index is -5.39. The maximum atomic E-state index is 8.55. The molecule has 0 saturated heterocycles. The summed E-state index contributed by atoms with van der Waals surface area (Å²) in [5.41, 5.74) is 0. The summed E-state index contributed by atoms with van der Waals surface area (Å²) in [5, 5.41) is 0. The van der Waals surface area contributed by atoms with Crippen LogP contribution >= 0.6 is 15.6 Å². The average Bonchev–Trinajstić information content (AvgIpc) is 1.12. The van der Waals surface area contributed by atoms with Crippen molar-refractivity contribution in [1.82, 2.24) is 0 Å². The Kier molecular flexibility index (Phi) is 61.3. The van der Waals surface area contributed by atoms with Gasteiger partial charge in [0.2, 0.25) is 0 Å². The maximum Gasteiger partial charge on any atom is 2.00 e. The number of hydrogen-bond donors (Lipinski definition) is 0. The van der Waals surface area contributed by atoms with Crippen LogP contribution in [0.25, 0.3) is 0 Å². The number of phosphoric acid groups is 2. The predicted molar refractivity (Wildman–Crippen MR) is 38.9 cm³/mol. The van der Waals surface area contributed by atoms with E-state index in [9.17, 15) is 0 Å². The second-order valence-corrected chi connectivity index (χ2v) is 2.68. The first-order chi connectivity index (χ1) is 4.00. The molecule has 0 unspecified atom stereocenters. The van der Waals surface area contributed by atoms with Crippen molar-refractivity contribution in [1.29, 1.82) is 0 Å². The summed E-state index contributed by atoms with van der Waals surface area (Å²) >= 11 is 0. The first-order valence-electron chi connectivity index (χ1n) is 1.46. The minimum absolute atomic E-state index is 0. The van der Waals surface area contributed by atoms with Crippen LogP contribution in [0.4, 0.5) is 0 Å². The van der Waals surface area contributed by atoms with Gasteiger partial charge in [-0.15, -0.1) is 0 Å². The molecule has 0 aliphatic rings. The molecule has 0 aromatic rings. The largest absolute Gasteiger partial charge is 2.00 e. The Morgan fingerprint density at radius 1 is 0.533 bits per heavy atom. The summed E-state index contributed by atoms with van der Waals surface area (Å²) in [5.74, 6) is 0. The summed E-state index contributed by atoms with van der Waals surface area (Å²) in [7, 11) is -10.8. The standard InChI is InChI=1S/4Ca.2H3O4P.O/c;;;;2*1-5(2,3)4;/h;;;;2*(H3,1,2,3,4);/q4*+2;;;-2/p-6. The molecule has 0 N–H and O–H groups in total. The Balaban J connectivity index is -0.0000000128. The number of rotatable bonds is 0. The summed E-state index contributed by atoms with van der Waals surface area (Å²) < 4.78 is 17.1. The van der Waals surface area contributed by atoms with Gasteiger partial charge < -0.3 is 44.0 Å². The Hall–Kier alpha value is 5.22. The molecule has 0 spiro atoms. The van der Waals surface area contributed by atoms with Crippen LogP contribution in [0, 0.1) is 0 Å². The Bertz CT molecular complexity index is 132. The average molecular weight is 366 g/mol. The summed E-state index contributed by atoms with van der Waals surface area (Å²) in [6.45, 7) is 0. The van der Waals surface area contributed by atoms with Crippen LogP contribution in [0.2, 0.25) is 0 Å². The molecular formula is Ca4O9P2. The molecule has 72 valence electrons. The van der Waals surface area contributed by atoms with Gasteiger partial charge in [0, 0.05) is 0 Å². The molecule has 9 nitrogen and oxygen atoms in total. The zero-order valence-corrected chi connectivity index (χ0v) is 18.0. The summed E-state index contributed by atoms with van der Waals surface area (Å²) in [4.78, 5) is 51.3. The molecule has 15 heteroatoms. The van der Waals surface area contributed by atoms with Gasteiger partial charge in [0.25, 0.3) is 0 Å². The molecule has 0 saturated carbocycles. The van der Waals surface area contributed by atoms with Crippen molar-refractivity contribution >= 4 is 167 Å². The zero-order chi connectivity index (χ0) is 9.00. The third kappa shape index (κ3) is 209. The number of hydrogen-bond acceptors (Lipinski definition) is 8. The van der Waals surface area contributed by atoms with Gasteiger partial charge in [-0.3, -0.25) is 0 Å². The molecular weight excluding hydrogens is 366 g/mol. The van der Waals surface area contributed by atoms with Gasteiger partial charge in [0.05, 0.1) is 0 Å². The fourth-order valence-electron chi connectivity index (χ4n) is 0. The second kappa shape index (κ2) is 21.5. The molecule has 0 atom stereocenters. The molecule has 0 aromatic heterocycles. The molecule has 0 fully saturated rings. The van der Waals surface area contributed by atoms with Crippen LogP contribution in [0.5, 0.6) is 0 Å². The van der Waals surface area contributed by atoms with Crippen LogP contribution in [0.3, 0.4) is 0 Å². The SMILES string of the molecule is O=P([O-])([O-])[O-].O=P([O-])([O-])[O-].[Ca+2].[Ca+2].[Ca+2].[Ca+2].[O-2]. The van der Waals surface area contributed by atoms with Crippen LogP contribution in [-0.4, -0.2) is 151 Å². The molecule has 0 rings (SSSR count). The van der Waals surface area contributed by atoms with Crippen molar-refractivity contribution < 1.29 is 44.0 Å². The molecule has 0 heterocycles. The van der Waals surface area contributed by atoms with E-state index < -0.39 is 15.6 Å². The first kappa shape index (κ1) is 42.7. The Labute approximate surface area is 205 Å². The van der Waals surface area contributed by atoms with Gasteiger partial charge in [-0.2, -0.15) is 15.6 Å². The van der Waals surface area contributed by atoms with Crippen molar-refractivity contribution in [3.63, 3.8) is 0 Å².